The van der Waals surface area contributed by atoms with E-state index in [4.69, 9.17) is 26.8 Å². The molecule has 124 valence electrons. The lowest BCUT2D eigenvalue weighted by atomic mass is 10.1. The van der Waals surface area contributed by atoms with Crippen LogP contribution in [0.2, 0.25) is 5.02 Å². The van der Waals surface area contributed by atoms with Gasteiger partial charge in [0.25, 0.3) is 5.91 Å². The molecule has 1 saturated heterocycles. The molecule has 1 heterocycles. The van der Waals surface area contributed by atoms with E-state index in [0.717, 1.165) is 18.4 Å². The zero-order valence-corrected chi connectivity index (χ0v) is 14.3. The van der Waals surface area contributed by atoms with Crippen LogP contribution in [0.25, 0.3) is 0 Å². The number of nitrogens with two attached hydrogens (primary N) is 1. The largest absolute Gasteiger partial charge is 0.496 e. The highest BCUT2D eigenvalue weighted by molar-refractivity contribution is 6.30. The molecule has 2 N–H and O–H groups in total. The van der Waals surface area contributed by atoms with Crippen LogP contribution in [-0.4, -0.2) is 43.7 Å². The first kappa shape index (κ1) is 19.0. The van der Waals surface area contributed by atoms with Gasteiger partial charge >= 0.3 is 0 Å². The quantitative estimate of drug-likeness (QED) is 0.886. The smallest absolute Gasteiger partial charge is 0.251 e. The van der Waals surface area contributed by atoms with E-state index >= 15 is 0 Å². The van der Waals surface area contributed by atoms with Crippen LogP contribution in [0.5, 0.6) is 5.75 Å². The van der Waals surface area contributed by atoms with Crippen molar-refractivity contribution in [2.45, 2.75) is 31.6 Å². The second kappa shape index (κ2) is 8.58. The Bertz CT molecular complexity index is 514. The van der Waals surface area contributed by atoms with Gasteiger partial charge in [-0.05, 0) is 31.0 Å². The molecule has 0 aliphatic carbocycles. The summed E-state index contributed by atoms with van der Waals surface area (Å²) in [6, 6.07) is 5.37. The van der Waals surface area contributed by atoms with Gasteiger partial charge in [-0.15, -0.1) is 12.4 Å². The fraction of sp³-hybridized carbons (Fsp3) is 0.533. The number of carbonyl (C=O) groups is 1. The van der Waals surface area contributed by atoms with Gasteiger partial charge in [0.2, 0.25) is 0 Å². The summed E-state index contributed by atoms with van der Waals surface area (Å²) >= 11 is 6.00. The van der Waals surface area contributed by atoms with Crippen molar-refractivity contribution in [1.29, 1.82) is 0 Å². The molecule has 2 rings (SSSR count). The fourth-order valence-electron chi connectivity index (χ4n) is 2.51. The number of likely N-dealkylation sites (N-methyl/N-ethyl adjacent to an activating group) is 1. The van der Waals surface area contributed by atoms with Crippen molar-refractivity contribution in [3.05, 3.63) is 28.8 Å². The average Bonchev–Trinajstić information content (AvgIpc) is 2.95. The van der Waals surface area contributed by atoms with E-state index in [2.05, 4.69) is 0 Å². The summed E-state index contributed by atoms with van der Waals surface area (Å²) in [5.41, 5.74) is 6.44. The molecule has 0 radical (unpaired) electrons. The van der Waals surface area contributed by atoms with Crippen molar-refractivity contribution in [2.24, 2.45) is 5.73 Å². The van der Waals surface area contributed by atoms with Gasteiger partial charge < -0.3 is 20.1 Å². The summed E-state index contributed by atoms with van der Waals surface area (Å²) in [6.07, 6.45) is 1.15. The normalized spacial score (nSPS) is 20.4. The highest BCUT2D eigenvalue weighted by Gasteiger charge is 2.31. The standard InChI is InChI=1S/C15H21ClN2O3.ClH/c1-18(15(19)14-6-4-12(8-17)21-14)9-10-7-11(16)3-5-13(10)20-2;/h3,5,7,12,14H,4,6,8-9,17H2,1-2H3;1H/t12-,14+;/m1./s1. The molecule has 1 aliphatic heterocycles. The fourth-order valence-corrected chi connectivity index (χ4v) is 2.71. The minimum Gasteiger partial charge on any atom is -0.496 e. The number of carbonyl (C=O) groups excluding carboxylic acids is 1. The van der Waals surface area contributed by atoms with Gasteiger partial charge in [-0.1, -0.05) is 11.6 Å². The van der Waals surface area contributed by atoms with Gasteiger partial charge in [0, 0.05) is 30.7 Å². The SMILES string of the molecule is COc1ccc(Cl)cc1CN(C)C(=O)[C@@H]1CC[C@H](CN)O1.Cl. The zero-order chi connectivity index (χ0) is 15.4. The molecular formula is C15H22Cl2N2O3. The van der Waals surface area contributed by atoms with Crippen LogP contribution < -0.4 is 10.5 Å². The molecule has 1 aromatic rings. The monoisotopic (exact) mass is 348 g/mol. The number of rotatable bonds is 5. The number of hydrogen-bond acceptors (Lipinski definition) is 4. The lowest BCUT2D eigenvalue weighted by molar-refractivity contribution is -0.141. The van der Waals surface area contributed by atoms with Crippen molar-refractivity contribution in [3.63, 3.8) is 0 Å². The molecule has 0 unspecified atom stereocenters. The predicted molar refractivity (Wildman–Crippen MR) is 88.7 cm³/mol. The summed E-state index contributed by atoms with van der Waals surface area (Å²) in [6.45, 7) is 0.880. The average molecular weight is 349 g/mol. The summed E-state index contributed by atoms with van der Waals surface area (Å²) in [5.74, 6) is 0.680. The van der Waals surface area contributed by atoms with Gasteiger partial charge in [-0.3, -0.25) is 4.79 Å². The van der Waals surface area contributed by atoms with Gasteiger partial charge in [0.05, 0.1) is 13.2 Å². The van der Waals surface area contributed by atoms with Crippen LogP contribution >= 0.6 is 24.0 Å². The molecule has 2 atom stereocenters. The first-order valence-electron chi connectivity index (χ1n) is 6.98. The minimum absolute atomic E-state index is 0. The van der Waals surface area contributed by atoms with Crippen molar-refractivity contribution in [3.8, 4) is 5.75 Å². The molecule has 1 aromatic carbocycles. The molecule has 7 heteroatoms. The van der Waals surface area contributed by atoms with Crippen molar-refractivity contribution >= 4 is 29.9 Å². The van der Waals surface area contributed by atoms with E-state index in [1.807, 2.05) is 6.07 Å². The highest BCUT2D eigenvalue weighted by atomic mass is 35.5. The van der Waals surface area contributed by atoms with Gasteiger partial charge in [0.1, 0.15) is 11.9 Å². The first-order valence-corrected chi connectivity index (χ1v) is 7.36. The Balaban J connectivity index is 0.00000242. The van der Waals surface area contributed by atoms with Gasteiger partial charge in [-0.2, -0.15) is 0 Å². The number of hydrogen-bond donors (Lipinski definition) is 1. The molecule has 1 fully saturated rings. The zero-order valence-electron chi connectivity index (χ0n) is 12.8. The Morgan fingerprint density at radius 1 is 1.50 bits per heavy atom. The van der Waals surface area contributed by atoms with Crippen LogP contribution in [0.15, 0.2) is 18.2 Å². The number of methoxy groups -OCH3 is 1. The maximum Gasteiger partial charge on any atom is 0.251 e. The first-order chi connectivity index (χ1) is 10.0. The van der Waals surface area contributed by atoms with Crippen molar-refractivity contribution in [2.75, 3.05) is 20.7 Å². The lowest BCUT2D eigenvalue weighted by Gasteiger charge is -2.22. The molecule has 0 bridgehead atoms. The molecule has 0 saturated carbocycles. The van der Waals surface area contributed by atoms with Gasteiger partial charge in [-0.25, -0.2) is 0 Å². The summed E-state index contributed by atoms with van der Waals surface area (Å²) in [7, 11) is 3.35. The lowest BCUT2D eigenvalue weighted by Crippen LogP contribution is -2.36. The summed E-state index contributed by atoms with van der Waals surface area (Å²) < 4.78 is 10.9. The van der Waals surface area contributed by atoms with E-state index in [1.165, 1.54) is 0 Å². The molecule has 0 spiro atoms. The van der Waals surface area contributed by atoms with E-state index in [0.29, 0.717) is 23.9 Å². The van der Waals surface area contributed by atoms with E-state index in [9.17, 15) is 4.79 Å². The van der Waals surface area contributed by atoms with Crippen molar-refractivity contribution in [1.82, 2.24) is 4.90 Å². The molecular weight excluding hydrogens is 327 g/mol. The molecule has 1 amide bonds. The second-order valence-corrected chi connectivity index (χ2v) is 5.65. The molecule has 22 heavy (non-hydrogen) atoms. The Labute approximate surface area is 142 Å². The number of nitrogens with zero attached hydrogens (tertiary/aromatic N) is 1. The van der Waals surface area contributed by atoms with Crippen LogP contribution in [-0.2, 0) is 16.1 Å². The van der Waals surface area contributed by atoms with E-state index in [1.54, 1.807) is 31.2 Å². The van der Waals surface area contributed by atoms with Crippen molar-refractivity contribution < 1.29 is 14.3 Å². The van der Waals surface area contributed by atoms with Gasteiger partial charge in [0.15, 0.2) is 0 Å². The number of benzene rings is 1. The Morgan fingerprint density at radius 3 is 2.82 bits per heavy atom. The highest BCUT2D eigenvalue weighted by Crippen LogP contribution is 2.25. The molecule has 1 aliphatic rings. The number of halogens is 2. The van der Waals surface area contributed by atoms with Crippen LogP contribution in [0.4, 0.5) is 0 Å². The number of amides is 1. The maximum atomic E-state index is 12.4. The third kappa shape index (κ3) is 4.49. The second-order valence-electron chi connectivity index (χ2n) is 5.21. The third-order valence-electron chi connectivity index (χ3n) is 3.67. The maximum absolute atomic E-state index is 12.4. The number of ether oxygens (including phenoxy) is 2. The topological polar surface area (TPSA) is 64.8 Å². The van der Waals surface area contributed by atoms with E-state index in [-0.39, 0.29) is 24.4 Å². The molecule has 0 aromatic heterocycles. The summed E-state index contributed by atoms with van der Waals surface area (Å²) in [5, 5.41) is 0.618. The van der Waals surface area contributed by atoms with E-state index < -0.39 is 6.10 Å². The Morgan fingerprint density at radius 2 is 2.23 bits per heavy atom. The molecule has 5 nitrogen and oxygen atoms in total. The Kier molecular flexibility index (Phi) is 7.42. The minimum atomic E-state index is -0.395. The van der Waals surface area contributed by atoms with Crippen LogP contribution in [0.1, 0.15) is 18.4 Å². The summed E-state index contributed by atoms with van der Waals surface area (Å²) in [4.78, 5) is 14.0. The Hall–Kier alpha value is -1.01. The third-order valence-corrected chi connectivity index (χ3v) is 3.91. The predicted octanol–water partition coefficient (Wildman–Crippen LogP) is 2.24. The van der Waals surface area contributed by atoms with Crippen LogP contribution in [0.3, 0.4) is 0 Å². The van der Waals surface area contributed by atoms with Crippen LogP contribution in [0, 0.1) is 0 Å².